The van der Waals surface area contributed by atoms with E-state index < -0.39 is 6.36 Å². The summed E-state index contributed by atoms with van der Waals surface area (Å²) in [5, 5.41) is 12.4. The number of nitrogens with zero attached hydrogens (tertiary/aromatic N) is 5. The second-order valence-corrected chi connectivity index (χ2v) is 8.33. The molecule has 0 aliphatic heterocycles. The first-order valence-corrected chi connectivity index (χ1v) is 10.3. The standard InChI is InChI=1S/C17H13F3N6O2S2/c1-8-9(2)30-15-13(8)14(27)21-12(22-15)7-29-16-23-24-25-26(16)10-3-5-11(6-4-10)28-17(18,19)20/h3-6H,7H2,1-2H3,(H,21,22,27). The van der Waals surface area contributed by atoms with Crippen molar-refractivity contribution in [1.82, 2.24) is 30.2 Å². The molecule has 4 aromatic rings. The van der Waals surface area contributed by atoms with E-state index in [2.05, 4.69) is 30.2 Å². The van der Waals surface area contributed by atoms with Crippen molar-refractivity contribution in [3.05, 3.63) is 50.9 Å². The number of aromatic nitrogens is 6. The molecule has 30 heavy (non-hydrogen) atoms. The number of hydrogen-bond donors (Lipinski definition) is 1. The number of hydrogen-bond acceptors (Lipinski definition) is 8. The van der Waals surface area contributed by atoms with Crippen molar-refractivity contribution in [3.63, 3.8) is 0 Å². The number of ether oxygens (including phenoxy) is 1. The van der Waals surface area contributed by atoms with Crippen molar-refractivity contribution in [2.75, 3.05) is 0 Å². The van der Waals surface area contributed by atoms with Crippen molar-refractivity contribution in [2.24, 2.45) is 0 Å². The number of H-pyrrole nitrogens is 1. The smallest absolute Gasteiger partial charge is 0.406 e. The Kier molecular flexibility index (Phi) is 5.24. The van der Waals surface area contributed by atoms with Crippen molar-refractivity contribution in [3.8, 4) is 11.4 Å². The highest BCUT2D eigenvalue weighted by atomic mass is 32.2. The molecular formula is C17H13F3N6O2S2. The first-order chi connectivity index (χ1) is 14.2. The van der Waals surface area contributed by atoms with Crippen LogP contribution in [0.5, 0.6) is 5.75 Å². The minimum Gasteiger partial charge on any atom is -0.406 e. The highest BCUT2D eigenvalue weighted by molar-refractivity contribution is 7.98. The Morgan fingerprint density at radius 1 is 1.23 bits per heavy atom. The lowest BCUT2D eigenvalue weighted by Crippen LogP contribution is -2.17. The van der Waals surface area contributed by atoms with Crippen molar-refractivity contribution < 1.29 is 17.9 Å². The number of aryl methyl sites for hydroxylation is 2. The van der Waals surface area contributed by atoms with Gasteiger partial charge in [0.25, 0.3) is 5.56 Å². The van der Waals surface area contributed by atoms with Gasteiger partial charge in [-0.3, -0.25) is 4.79 Å². The number of rotatable bonds is 5. The van der Waals surface area contributed by atoms with Crippen molar-refractivity contribution >= 4 is 33.3 Å². The van der Waals surface area contributed by atoms with Gasteiger partial charge in [-0.05, 0) is 54.1 Å². The van der Waals surface area contributed by atoms with Crippen LogP contribution in [0.25, 0.3) is 15.9 Å². The van der Waals surface area contributed by atoms with Gasteiger partial charge in [0.1, 0.15) is 16.4 Å². The van der Waals surface area contributed by atoms with Gasteiger partial charge < -0.3 is 9.72 Å². The van der Waals surface area contributed by atoms with E-state index in [1.807, 2.05) is 13.8 Å². The van der Waals surface area contributed by atoms with Crippen LogP contribution >= 0.6 is 23.1 Å². The molecule has 8 nitrogen and oxygen atoms in total. The topological polar surface area (TPSA) is 98.6 Å². The lowest BCUT2D eigenvalue weighted by atomic mass is 10.2. The zero-order valence-electron chi connectivity index (χ0n) is 15.5. The van der Waals surface area contributed by atoms with E-state index in [4.69, 9.17) is 0 Å². The third-order valence-electron chi connectivity index (χ3n) is 4.18. The molecule has 4 rings (SSSR count). The molecule has 0 saturated heterocycles. The maximum atomic E-state index is 12.4. The molecule has 0 aliphatic carbocycles. The predicted molar refractivity (Wildman–Crippen MR) is 105 cm³/mol. The molecule has 3 aromatic heterocycles. The normalized spacial score (nSPS) is 11.9. The molecule has 3 heterocycles. The van der Waals surface area contributed by atoms with E-state index in [9.17, 15) is 18.0 Å². The highest BCUT2D eigenvalue weighted by Crippen LogP contribution is 2.28. The van der Waals surface area contributed by atoms with E-state index in [1.54, 1.807) is 0 Å². The molecule has 156 valence electrons. The van der Waals surface area contributed by atoms with Crippen molar-refractivity contribution in [2.45, 2.75) is 31.1 Å². The van der Waals surface area contributed by atoms with Gasteiger partial charge in [0.05, 0.1) is 16.8 Å². The number of thiophene rings is 1. The summed E-state index contributed by atoms with van der Waals surface area (Å²) in [6.07, 6.45) is -4.76. The SMILES string of the molecule is Cc1sc2nc(CSc3nnnn3-c3ccc(OC(F)(F)F)cc3)[nH]c(=O)c2c1C. The van der Waals surface area contributed by atoms with Gasteiger partial charge in [-0.15, -0.1) is 29.6 Å². The van der Waals surface area contributed by atoms with Crippen LogP contribution in [0.15, 0.2) is 34.2 Å². The average Bonchev–Trinajstić information content (AvgIpc) is 3.24. The molecule has 0 atom stereocenters. The van der Waals surface area contributed by atoms with Crippen LogP contribution < -0.4 is 10.3 Å². The lowest BCUT2D eigenvalue weighted by Gasteiger charge is -2.09. The molecule has 0 amide bonds. The Bertz CT molecular complexity index is 1260. The van der Waals surface area contributed by atoms with Crippen LogP contribution in [0.3, 0.4) is 0 Å². The first kappa shape index (κ1) is 20.3. The Morgan fingerprint density at radius 3 is 2.67 bits per heavy atom. The van der Waals surface area contributed by atoms with Crippen LogP contribution in [0.2, 0.25) is 0 Å². The van der Waals surface area contributed by atoms with Gasteiger partial charge >= 0.3 is 6.36 Å². The number of halogens is 3. The monoisotopic (exact) mass is 454 g/mol. The minimum atomic E-state index is -4.76. The van der Waals surface area contributed by atoms with Crippen LogP contribution in [0, 0.1) is 13.8 Å². The van der Waals surface area contributed by atoms with E-state index in [0.29, 0.717) is 32.6 Å². The largest absolute Gasteiger partial charge is 0.573 e. The Morgan fingerprint density at radius 2 is 1.97 bits per heavy atom. The molecule has 0 saturated carbocycles. The lowest BCUT2D eigenvalue weighted by molar-refractivity contribution is -0.274. The molecule has 0 bridgehead atoms. The molecule has 0 radical (unpaired) electrons. The number of benzene rings is 1. The number of thioether (sulfide) groups is 1. The predicted octanol–water partition coefficient (Wildman–Crippen LogP) is 3.77. The van der Waals surface area contributed by atoms with Gasteiger partial charge in [-0.1, -0.05) is 11.8 Å². The Hall–Kier alpha value is -2.93. The van der Waals surface area contributed by atoms with Crippen molar-refractivity contribution in [1.29, 1.82) is 0 Å². The summed E-state index contributed by atoms with van der Waals surface area (Å²) in [6.45, 7) is 3.83. The summed E-state index contributed by atoms with van der Waals surface area (Å²) < 4.78 is 42.1. The zero-order valence-corrected chi connectivity index (χ0v) is 17.2. The summed E-state index contributed by atoms with van der Waals surface area (Å²) in [7, 11) is 0. The van der Waals surface area contributed by atoms with E-state index in [0.717, 1.165) is 10.4 Å². The molecule has 13 heteroatoms. The second kappa shape index (κ2) is 7.72. The van der Waals surface area contributed by atoms with Gasteiger partial charge in [0.2, 0.25) is 5.16 Å². The van der Waals surface area contributed by atoms with Gasteiger partial charge in [-0.2, -0.15) is 4.68 Å². The fourth-order valence-corrected chi connectivity index (χ4v) is 4.53. The van der Waals surface area contributed by atoms with Gasteiger partial charge in [-0.25, -0.2) is 4.98 Å². The molecular weight excluding hydrogens is 441 g/mol. The molecule has 1 aromatic carbocycles. The summed E-state index contributed by atoms with van der Waals surface area (Å²) in [5.41, 5.74) is 1.18. The number of tetrazole rings is 1. The molecule has 0 unspecified atom stereocenters. The highest BCUT2D eigenvalue weighted by Gasteiger charge is 2.31. The third-order valence-corrected chi connectivity index (χ3v) is 6.21. The maximum absolute atomic E-state index is 12.4. The number of alkyl halides is 3. The fourth-order valence-electron chi connectivity index (χ4n) is 2.72. The van der Waals surface area contributed by atoms with Crippen LogP contribution in [0.1, 0.15) is 16.3 Å². The van der Waals surface area contributed by atoms with E-state index in [1.165, 1.54) is 52.0 Å². The van der Waals surface area contributed by atoms with Gasteiger partial charge in [0, 0.05) is 4.88 Å². The minimum absolute atomic E-state index is 0.197. The Labute approximate surface area is 175 Å². The Balaban J connectivity index is 1.53. The maximum Gasteiger partial charge on any atom is 0.573 e. The molecule has 1 N–H and O–H groups in total. The van der Waals surface area contributed by atoms with Crippen LogP contribution in [-0.2, 0) is 5.75 Å². The molecule has 0 fully saturated rings. The van der Waals surface area contributed by atoms with E-state index >= 15 is 0 Å². The van der Waals surface area contributed by atoms with Crippen LogP contribution in [0.4, 0.5) is 13.2 Å². The van der Waals surface area contributed by atoms with Gasteiger partial charge in [0.15, 0.2) is 0 Å². The quantitative estimate of drug-likeness (QED) is 0.459. The molecule has 0 spiro atoms. The number of fused-ring (bicyclic) bond motifs is 1. The fraction of sp³-hybridized carbons (Fsp3) is 0.235. The summed E-state index contributed by atoms with van der Waals surface area (Å²) in [6, 6.07) is 5.16. The average molecular weight is 454 g/mol. The number of aromatic amines is 1. The second-order valence-electron chi connectivity index (χ2n) is 6.18. The summed E-state index contributed by atoms with van der Waals surface area (Å²) >= 11 is 2.69. The third kappa shape index (κ3) is 4.16. The van der Waals surface area contributed by atoms with E-state index in [-0.39, 0.29) is 11.3 Å². The first-order valence-electron chi connectivity index (χ1n) is 8.47. The summed E-state index contributed by atoms with van der Waals surface area (Å²) in [4.78, 5) is 21.4. The van der Waals surface area contributed by atoms with Crippen LogP contribution in [-0.4, -0.2) is 36.5 Å². The number of nitrogens with one attached hydrogen (secondary N) is 1. The molecule has 0 aliphatic rings. The summed E-state index contributed by atoms with van der Waals surface area (Å²) in [5.74, 6) is 0.434. The zero-order chi connectivity index (χ0) is 21.5.